The lowest BCUT2D eigenvalue weighted by molar-refractivity contribution is -0.136. The van der Waals surface area contributed by atoms with Gasteiger partial charge in [0.25, 0.3) is 0 Å². The van der Waals surface area contributed by atoms with Crippen LogP contribution < -0.4 is 0 Å². The second-order valence-corrected chi connectivity index (χ2v) is 7.47. The molecule has 1 N–H and O–H groups in total. The van der Waals surface area contributed by atoms with Crippen LogP contribution in [0.4, 0.5) is 0 Å². The largest absolute Gasteiger partial charge is 0.481 e. The van der Waals surface area contributed by atoms with Gasteiger partial charge >= 0.3 is 5.97 Å². The average Bonchev–Trinajstić information content (AvgIpc) is 2.81. The van der Waals surface area contributed by atoms with E-state index in [9.17, 15) is 13.2 Å². The molecule has 0 saturated carbocycles. The molecule has 114 valence electrons. The molecule has 5 nitrogen and oxygen atoms in total. The summed E-state index contributed by atoms with van der Waals surface area (Å²) in [5, 5.41) is 9.80. The Hall–Kier alpha value is -1.82. The number of sulfone groups is 1. The predicted molar refractivity (Wildman–Crippen MR) is 82.2 cm³/mol. The third-order valence-electron chi connectivity index (χ3n) is 3.56. The van der Waals surface area contributed by atoms with E-state index in [1.165, 1.54) is 0 Å². The molecule has 0 aliphatic rings. The first-order valence-electron chi connectivity index (χ1n) is 6.92. The Bertz CT molecular complexity index is 746. The number of carboxylic acids is 1. The van der Waals surface area contributed by atoms with Gasteiger partial charge in [0, 0.05) is 35.8 Å². The van der Waals surface area contributed by atoms with Crippen molar-refractivity contribution in [3.63, 3.8) is 0 Å². The Morgan fingerprint density at radius 1 is 1.29 bits per heavy atom. The van der Waals surface area contributed by atoms with E-state index in [4.69, 9.17) is 5.11 Å². The predicted octanol–water partition coefficient (Wildman–Crippen LogP) is 2.09. The van der Waals surface area contributed by atoms with E-state index in [1.54, 1.807) is 6.92 Å². The van der Waals surface area contributed by atoms with Crippen molar-refractivity contribution in [3.05, 3.63) is 36.0 Å². The molecule has 0 aliphatic carbocycles. The van der Waals surface area contributed by atoms with Crippen LogP contribution in [0.1, 0.15) is 18.9 Å². The van der Waals surface area contributed by atoms with Gasteiger partial charge in [-0.2, -0.15) is 0 Å². The number of carbonyl (C=O) groups is 1. The Kier molecular flexibility index (Phi) is 4.67. The van der Waals surface area contributed by atoms with Crippen LogP contribution in [0, 0.1) is 0 Å². The summed E-state index contributed by atoms with van der Waals surface area (Å²) < 4.78 is 25.2. The zero-order valence-corrected chi connectivity index (χ0v) is 12.8. The van der Waals surface area contributed by atoms with Crippen LogP contribution in [-0.2, 0) is 27.6 Å². The molecule has 21 heavy (non-hydrogen) atoms. The molecule has 1 heterocycles. The highest BCUT2D eigenvalue weighted by Gasteiger charge is 2.12. The molecule has 0 radical (unpaired) electrons. The van der Waals surface area contributed by atoms with E-state index in [0.29, 0.717) is 13.0 Å². The Balaban J connectivity index is 2.29. The van der Waals surface area contributed by atoms with Crippen molar-refractivity contribution in [1.82, 2.24) is 4.57 Å². The maximum absolute atomic E-state index is 11.6. The fourth-order valence-corrected chi connectivity index (χ4v) is 3.09. The maximum Gasteiger partial charge on any atom is 0.303 e. The quantitative estimate of drug-likeness (QED) is 0.849. The van der Waals surface area contributed by atoms with Gasteiger partial charge in [-0.05, 0) is 18.1 Å². The lowest BCUT2D eigenvalue weighted by Gasteiger charge is -2.05. The van der Waals surface area contributed by atoms with Crippen molar-refractivity contribution in [3.8, 4) is 0 Å². The Morgan fingerprint density at radius 3 is 2.67 bits per heavy atom. The number of aromatic nitrogens is 1. The normalized spacial score (nSPS) is 11.9. The second-order valence-electron chi connectivity index (χ2n) is 4.99. The minimum atomic E-state index is -3.02. The molecule has 0 atom stereocenters. The molecule has 0 bridgehead atoms. The number of aliphatic carboxylic acids is 1. The summed E-state index contributed by atoms with van der Waals surface area (Å²) in [5.74, 6) is -0.598. The first-order valence-corrected chi connectivity index (χ1v) is 8.74. The van der Waals surface area contributed by atoms with Crippen LogP contribution in [0.15, 0.2) is 30.5 Å². The highest BCUT2D eigenvalue weighted by Crippen LogP contribution is 2.22. The van der Waals surface area contributed by atoms with Crippen LogP contribution in [0.25, 0.3) is 10.9 Å². The minimum Gasteiger partial charge on any atom is -0.481 e. The molecule has 1 aromatic carbocycles. The highest BCUT2D eigenvalue weighted by atomic mass is 32.2. The Morgan fingerprint density at radius 2 is 2.00 bits per heavy atom. The summed E-state index contributed by atoms with van der Waals surface area (Å²) in [4.78, 5) is 10.7. The number of para-hydroxylation sites is 1. The molecule has 1 aromatic heterocycles. The first-order chi connectivity index (χ1) is 9.93. The minimum absolute atomic E-state index is 0.0707. The second kappa shape index (κ2) is 6.30. The van der Waals surface area contributed by atoms with E-state index in [2.05, 4.69) is 0 Å². The van der Waals surface area contributed by atoms with Gasteiger partial charge < -0.3 is 9.67 Å². The average molecular weight is 309 g/mol. The van der Waals surface area contributed by atoms with Crippen LogP contribution in [0.2, 0.25) is 0 Å². The molecule has 0 spiro atoms. The van der Waals surface area contributed by atoms with Crippen LogP contribution >= 0.6 is 0 Å². The number of rotatable bonds is 7. The molecule has 0 fully saturated rings. The van der Waals surface area contributed by atoms with E-state index >= 15 is 0 Å². The van der Waals surface area contributed by atoms with Gasteiger partial charge in [-0.25, -0.2) is 8.42 Å². The number of benzene rings is 1. The van der Waals surface area contributed by atoms with Gasteiger partial charge in [0.1, 0.15) is 0 Å². The molecule has 2 rings (SSSR count). The fraction of sp³-hybridized carbons (Fsp3) is 0.400. The lowest BCUT2D eigenvalue weighted by atomic mass is 10.1. The molecule has 6 heteroatoms. The van der Waals surface area contributed by atoms with E-state index in [-0.39, 0.29) is 17.9 Å². The molecular formula is C15H19NO4S. The zero-order valence-electron chi connectivity index (χ0n) is 11.9. The summed E-state index contributed by atoms with van der Waals surface area (Å²) in [6.07, 6.45) is 2.39. The van der Waals surface area contributed by atoms with Crippen LogP contribution in [0.5, 0.6) is 0 Å². The number of nitrogens with zero attached hydrogens (tertiary/aromatic N) is 1. The van der Waals surface area contributed by atoms with Crippen molar-refractivity contribution in [2.45, 2.75) is 26.3 Å². The molecule has 0 unspecified atom stereocenters. The fourth-order valence-electron chi connectivity index (χ4n) is 2.33. The summed E-state index contributed by atoms with van der Waals surface area (Å²) >= 11 is 0. The monoisotopic (exact) mass is 309 g/mol. The van der Waals surface area contributed by atoms with E-state index < -0.39 is 15.8 Å². The van der Waals surface area contributed by atoms with E-state index in [1.807, 2.05) is 35.0 Å². The molecule has 0 aliphatic heterocycles. The van der Waals surface area contributed by atoms with Gasteiger partial charge in [0.2, 0.25) is 0 Å². The van der Waals surface area contributed by atoms with Gasteiger partial charge in [-0.3, -0.25) is 4.79 Å². The number of aryl methyl sites for hydroxylation is 2. The van der Waals surface area contributed by atoms with Gasteiger partial charge in [0.05, 0.1) is 5.75 Å². The molecule has 0 amide bonds. The smallest absolute Gasteiger partial charge is 0.303 e. The van der Waals surface area contributed by atoms with Gasteiger partial charge in [0.15, 0.2) is 9.84 Å². The van der Waals surface area contributed by atoms with Crippen molar-refractivity contribution >= 4 is 26.7 Å². The summed E-state index contributed by atoms with van der Waals surface area (Å²) in [6.45, 7) is 2.03. The van der Waals surface area contributed by atoms with Crippen molar-refractivity contribution in [2.24, 2.45) is 0 Å². The maximum atomic E-state index is 11.6. The van der Waals surface area contributed by atoms with E-state index in [0.717, 1.165) is 16.5 Å². The summed E-state index contributed by atoms with van der Waals surface area (Å²) in [7, 11) is -3.02. The number of hydrogen-bond acceptors (Lipinski definition) is 3. The molecule has 0 saturated heterocycles. The Labute approximate surface area is 124 Å². The third kappa shape index (κ3) is 3.85. The molecule has 2 aromatic rings. The highest BCUT2D eigenvalue weighted by molar-refractivity contribution is 7.91. The number of carboxylic acid groups (broad SMARTS) is 1. The lowest BCUT2D eigenvalue weighted by Crippen LogP contribution is -2.14. The topological polar surface area (TPSA) is 76.4 Å². The van der Waals surface area contributed by atoms with Gasteiger partial charge in [-0.15, -0.1) is 0 Å². The first kappa shape index (κ1) is 15.6. The van der Waals surface area contributed by atoms with Crippen molar-refractivity contribution in [2.75, 3.05) is 11.5 Å². The summed E-state index contributed by atoms with van der Waals surface area (Å²) in [5.41, 5.74) is 1.89. The van der Waals surface area contributed by atoms with Crippen LogP contribution in [-0.4, -0.2) is 35.6 Å². The zero-order chi connectivity index (χ0) is 15.5. The van der Waals surface area contributed by atoms with Crippen molar-refractivity contribution in [1.29, 1.82) is 0 Å². The number of hydrogen-bond donors (Lipinski definition) is 1. The molecular weight excluding hydrogens is 290 g/mol. The number of fused-ring (bicyclic) bond motifs is 1. The standard InChI is InChI=1S/C15H19NO4S/c1-2-21(19,20)10-9-16-11-12(7-8-15(17)18)13-5-3-4-6-14(13)16/h3-6,11H,2,7-10H2,1H3,(H,17,18). The van der Waals surface area contributed by atoms with Crippen LogP contribution in [0.3, 0.4) is 0 Å². The third-order valence-corrected chi connectivity index (χ3v) is 5.25. The SMILES string of the molecule is CCS(=O)(=O)CCn1cc(CCC(=O)O)c2ccccc21. The van der Waals surface area contributed by atoms with Crippen molar-refractivity contribution < 1.29 is 18.3 Å². The summed E-state index contributed by atoms with van der Waals surface area (Å²) in [6, 6.07) is 7.67. The van der Waals surface area contributed by atoms with Gasteiger partial charge in [-0.1, -0.05) is 25.1 Å².